The van der Waals surface area contributed by atoms with Crippen LogP contribution in [0.4, 0.5) is 5.69 Å². The average Bonchev–Trinajstić information content (AvgIpc) is 3.21. The Morgan fingerprint density at radius 3 is 2.37 bits per heavy atom. The monoisotopic (exact) mass is 676 g/mol. The molecule has 1 aromatic heterocycles. The average molecular weight is 678 g/mol. The lowest BCUT2D eigenvalue weighted by Gasteiger charge is -2.24. The van der Waals surface area contributed by atoms with Gasteiger partial charge in [0.15, 0.2) is 0 Å². The van der Waals surface area contributed by atoms with Crippen LogP contribution in [0.15, 0.2) is 81.2 Å². The number of benzene rings is 3. The van der Waals surface area contributed by atoms with Gasteiger partial charge in [0.25, 0.3) is 15.9 Å². The number of methoxy groups -OCH3 is 1. The molecule has 4 rings (SSSR count). The second kappa shape index (κ2) is 12.7. The summed E-state index contributed by atoms with van der Waals surface area (Å²) in [4.78, 5) is 13.0. The van der Waals surface area contributed by atoms with Gasteiger partial charge in [-0.1, -0.05) is 40.9 Å². The summed E-state index contributed by atoms with van der Waals surface area (Å²) in [6.07, 6.45) is 1.51. The molecule has 0 saturated carbocycles. The number of hydrogen-bond acceptors (Lipinski definition) is 5. The Kier molecular flexibility index (Phi) is 9.48. The van der Waals surface area contributed by atoms with Gasteiger partial charge in [0.1, 0.15) is 12.3 Å². The van der Waals surface area contributed by atoms with Crippen LogP contribution >= 0.6 is 39.1 Å². The number of aromatic nitrogens is 1. The van der Waals surface area contributed by atoms with E-state index < -0.39 is 22.5 Å². The molecule has 0 fully saturated rings. The molecule has 0 spiro atoms. The number of ether oxygens (including phenoxy) is 1. The van der Waals surface area contributed by atoms with Crippen LogP contribution in [0, 0.1) is 20.8 Å². The van der Waals surface area contributed by atoms with Crippen molar-refractivity contribution in [2.45, 2.75) is 25.7 Å². The first-order chi connectivity index (χ1) is 19.4. The van der Waals surface area contributed by atoms with Crippen LogP contribution in [0.25, 0.3) is 5.69 Å². The molecule has 41 heavy (non-hydrogen) atoms. The van der Waals surface area contributed by atoms with Crippen molar-refractivity contribution < 1.29 is 17.9 Å². The zero-order valence-corrected chi connectivity index (χ0v) is 26.6. The summed E-state index contributed by atoms with van der Waals surface area (Å²) < 4.78 is 36.1. The maximum absolute atomic E-state index is 13.7. The van der Waals surface area contributed by atoms with Crippen molar-refractivity contribution in [1.29, 1.82) is 0 Å². The number of sulfonamides is 1. The molecule has 8 nitrogen and oxygen atoms in total. The summed E-state index contributed by atoms with van der Waals surface area (Å²) in [5.74, 6) is -0.132. The van der Waals surface area contributed by atoms with E-state index in [1.807, 2.05) is 37.5 Å². The Balaban J connectivity index is 1.57. The van der Waals surface area contributed by atoms with Crippen LogP contribution in [0.3, 0.4) is 0 Å². The van der Waals surface area contributed by atoms with Crippen LogP contribution in [0.5, 0.6) is 5.75 Å². The summed E-state index contributed by atoms with van der Waals surface area (Å²) in [6, 6.07) is 18.6. The second-order valence-corrected chi connectivity index (χ2v) is 12.7. The molecule has 3 aromatic carbocycles. The Labute approximate surface area is 257 Å². The largest absolute Gasteiger partial charge is 0.496 e. The molecule has 1 N–H and O–H groups in total. The minimum absolute atomic E-state index is 0.00297. The van der Waals surface area contributed by atoms with E-state index in [-0.39, 0.29) is 4.90 Å². The van der Waals surface area contributed by atoms with Gasteiger partial charge < -0.3 is 9.30 Å². The van der Waals surface area contributed by atoms with Crippen molar-refractivity contribution in [1.82, 2.24) is 9.99 Å². The quantitative estimate of drug-likeness (QED) is 0.155. The molecular formula is C29H27BrCl2N4O4S. The highest BCUT2D eigenvalue weighted by Gasteiger charge is 2.28. The number of carbonyl (C=O) groups excluding carboxylic acids is 1. The fourth-order valence-corrected chi connectivity index (χ4v) is 6.67. The van der Waals surface area contributed by atoms with Crippen LogP contribution < -0.4 is 14.5 Å². The number of hydrogen-bond donors (Lipinski definition) is 1. The van der Waals surface area contributed by atoms with E-state index in [2.05, 4.69) is 26.5 Å². The van der Waals surface area contributed by atoms with Gasteiger partial charge in [-0.2, -0.15) is 5.10 Å². The SMILES string of the molecule is COc1ccc(S(=O)(=O)N(CC(=O)N/N=C\c2cc(C)n(-c3ccc(Cl)c(Cl)c3)c2C)c2ccc(C)cc2)cc1Br. The number of anilines is 1. The molecule has 0 radical (unpaired) electrons. The van der Waals surface area contributed by atoms with Gasteiger partial charge in [-0.05, 0) is 91.3 Å². The summed E-state index contributed by atoms with van der Waals surface area (Å²) in [6.45, 7) is 5.25. The number of aryl methyl sites for hydroxylation is 2. The van der Waals surface area contributed by atoms with Crippen LogP contribution in [-0.4, -0.2) is 38.8 Å². The number of amides is 1. The summed E-state index contributed by atoms with van der Waals surface area (Å²) in [5.41, 5.74) is 7.14. The van der Waals surface area contributed by atoms with Crippen LogP contribution in [-0.2, 0) is 14.8 Å². The Hall–Kier alpha value is -3.31. The number of rotatable bonds is 9. The lowest BCUT2D eigenvalue weighted by molar-refractivity contribution is -0.119. The molecule has 0 unspecified atom stereocenters. The van der Waals surface area contributed by atoms with Gasteiger partial charge in [-0.3, -0.25) is 9.10 Å². The summed E-state index contributed by atoms with van der Waals surface area (Å²) in [5, 5.41) is 5.00. The van der Waals surface area contributed by atoms with Gasteiger partial charge in [0.05, 0.1) is 38.4 Å². The summed E-state index contributed by atoms with van der Waals surface area (Å²) in [7, 11) is -2.63. The molecule has 4 aromatic rings. The lowest BCUT2D eigenvalue weighted by atomic mass is 10.2. The van der Waals surface area contributed by atoms with E-state index >= 15 is 0 Å². The third kappa shape index (κ3) is 6.78. The number of nitrogens with zero attached hydrogens (tertiary/aromatic N) is 3. The predicted octanol–water partition coefficient (Wildman–Crippen LogP) is 6.83. The Morgan fingerprint density at radius 2 is 1.73 bits per heavy atom. The fourth-order valence-electron chi connectivity index (χ4n) is 4.24. The van der Waals surface area contributed by atoms with E-state index in [0.717, 1.165) is 32.5 Å². The number of halogens is 3. The molecule has 0 aliphatic rings. The zero-order valence-electron chi connectivity index (χ0n) is 22.7. The van der Waals surface area contributed by atoms with E-state index in [1.165, 1.54) is 25.5 Å². The highest BCUT2D eigenvalue weighted by atomic mass is 79.9. The highest BCUT2D eigenvalue weighted by Crippen LogP contribution is 2.31. The Bertz CT molecular complexity index is 1740. The second-order valence-electron chi connectivity index (χ2n) is 9.20. The predicted molar refractivity (Wildman–Crippen MR) is 167 cm³/mol. The van der Waals surface area contributed by atoms with E-state index in [4.69, 9.17) is 27.9 Å². The van der Waals surface area contributed by atoms with Gasteiger partial charge in [-0.15, -0.1) is 0 Å². The maximum atomic E-state index is 13.7. The van der Waals surface area contributed by atoms with Crippen LogP contribution in [0.1, 0.15) is 22.5 Å². The number of nitrogens with one attached hydrogen (secondary N) is 1. The molecule has 0 aliphatic heterocycles. The summed E-state index contributed by atoms with van der Waals surface area (Å²) >= 11 is 15.6. The number of hydrazone groups is 1. The fraction of sp³-hybridized carbons (Fsp3) is 0.172. The van der Waals surface area contributed by atoms with E-state index in [0.29, 0.717) is 26.0 Å². The number of carbonyl (C=O) groups is 1. The van der Waals surface area contributed by atoms with Crippen molar-refractivity contribution in [3.8, 4) is 11.4 Å². The zero-order chi connectivity index (χ0) is 29.9. The maximum Gasteiger partial charge on any atom is 0.264 e. The van der Waals surface area contributed by atoms with Crippen molar-refractivity contribution in [3.05, 3.63) is 104 Å². The molecule has 214 valence electrons. The molecular weight excluding hydrogens is 651 g/mol. The first-order valence-electron chi connectivity index (χ1n) is 12.3. The minimum Gasteiger partial charge on any atom is -0.496 e. The van der Waals surface area contributed by atoms with E-state index in [9.17, 15) is 13.2 Å². The highest BCUT2D eigenvalue weighted by molar-refractivity contribution is 9.10. The first-order valence-corrected chi connectivity index (χ1v) is 15.3. The normalized spacial score (nSPS) is 11.6. The smallest absolute Gasteiger partial charge is 0.264 e. The van der Waals surface area contributed by atoms with Crippen LogP contribution in [0.2, 0.25) is 10.0 Å². The minimum atomic E-state index is -4.12. The van der Waals surface area contributed by atoms with Gasteiger partial charge in [0, 0.05) is 22.6 Å². The molecule has 1 amide bonds. The molecule has 0 atom stereocenters. The van der Waals surface area contributed by atoms with Gasteiger partial charge in [-0.25, -0.2) is 13.8 Å². The van der Waals surface area contributed by atoms with Gasteiger partial charge >= 0.3 is 0 Å². The van der Waals surface area contributed by atoms with E-state index in [1.54, 1.807) is 42.5 Å². The first kappa shape index (κ1) is 30.6. The third-order valence-corrected chi connectivity index (χ3v) is 9.47. The molecule has 0 aliphatic carbocycles. The van der Waals surface area contributed by atoms with Gasteiger partial charge in [0.2, 0.25) is 0 Å². The standard InChI is InChI=1S/C29H27BrCl2N4O4S/c1-18-5-7-22(8-6-18)35(41(38,39)24-10-12-28(40-4)25(30)15-24)17-29(37)34-33-16-21-13-19(2)36(20(21)3)23-9-11-26(31)27(32)14-23/h5-16H,17H2,1-4H3,(H,34,37)/b33-16-. The molecule has 0 bridgehead atoms. The van der Waals surface area contributed by atoms with Crippen molar-refractivity contribution in [2.75, 3.05) is 18.0 Å². The van der Waals surface area contributed by atoms with Crippen molar-refractivity contribution >= 4 is 67.0 Å². The van der Waals surface area contributed by atoms with Crippen molar-refractivity contribution in [2.24, 2.45) is 5.10 Å². The lowest BCUT2D eigenvalue weighted by Crippen LogP contribution is -2.39. The molecule has 12 heteroatoms. The Morgan fingerprint density at radius 1 is 1.02 bits per heavy atom. The third-order valence-electron chi connectivity index (χ3n) is 6.34. The van der Waals surface area contributed by atoms with Crippen molar-refractivity contribution in [3.63, 3.8) is 0 Å². The topological polar surface area (TPSA) is 93.0 Å². The molecule has 0 saturated heterocycles. The molecule has 1 heterocycles.